The van der Waals surface area contributed by atoms with E-state index in [9.17, 15) is 9.18 Å². The Morgan fingerprint density at radius 2 is 2.38 bits per heavy atom. The molecular formula is C10H12ClFN2O2. The van der Waals surface area contributed by atoms with Gasteiger partial charge in [0.05, 0.1) is 11.6 Å². The molecule has 0 radical (unpaired) electrons. The van der Waals surface area contributed by atoms with Gasteiger partial charge >= 0.3 is 0 Å². The largest absolute Gasteiger partial charge is 0.383 e. The van der Waals surface area contributed by atoms with E-state index in [1.165, 1.54) is 25.3 Å². The molecule has 0 saturated heterocycles. The lowest BCUT2D eigenvalue weighted by Crippen LogP contribution is -2.39. The Kier molecular flexibility index (Phi) is 4.67. The van der Waals surface area contributed by atoms with Crippen molar-refractivity contribution >= 4 is 23.2 Å². The normalized spacial score (nSPS) is 12.2. The summed E-state index contributed by atoms with van der Waals surface area (Å²) in [6, 6.07) is 3.11. The van der Waals surface area contributed by atoms with Gasteiger partial charge in [0.15, 0.2) is 0 Å². The molecule has 3 N–H and O–H groups in total. The van der Waals surface area contributed by atoms with E-state index in [0.29, 0.717) is 5.69 Å². The molecule has 6 heteroatoms. The van der Waals surface area contributed by atoms with Crippen molar-refractivity contribution in [2.24, 2.45) is 5.73 Å². The lowest BCUT2D eigenvalue weighted by molar-refractivity contribution is -0.118. The van der Waals surface area contributed by atoms with Gasteiger partial charge in [0.25, 0.3) is 0 Å². The molecule has 0 bridgehead atoms. The van der Waals surface area contributed by atoms with Gasteiger partial charge < -0.3 is 15.8 Å². The summed E-state index contributed by atoms with van der Waals surface area (Å²) in [4.78, 5) is 11.4. The lowest BCUT2D eigenvalue weighted by atomic mass is 10.2. The Morgan fingerprint density at radius 1 is 1.69 bits per heavy atom. The highest BCUT2D eigenvalue weighted by molar-refractivity contribution is 6.31. The molecule has 1 rings (SSSR count). The monoisotopic (exact) mass is 246 g/mol. The number of methoxy groups -OCH3 is 1. The average molecular weight is 247 g/mol. The van der Waals surface area contributed by atoms with Crippen molar-refractivity contribution in [3.05, 3.63) is 29.0 Å². The standard InChI is InChI=1S/C10H12ClFN2O2/c1-16-5-9(13)10(15)14-6-2-3-8(12)7(11)4-6/h2-4,9H,5,13H2,1H3,(H,14,15). The third kappa shape index (κ3) is 3.44. The molecule has 16 heavy (non-hydrogen) atoms. The molecule has 88 valence electrons. The number of hydrogen-bond donors (Lipinski definition) is 2. The van der Waals surface area contributed by atoms with Gasteiger partial charge in [0.1, 0.15) is 11.9 Å². The van der Waals surface area contributed by atoms with Gasteiger partial charge in [-0.3, -0.25) is 4.79 Å². The van der Waals surface area contributed by atoms with Crippen molar-refractivity contribution in [2.45, 2.75) is 6.04 Å². The zero-order chi connectivity index (χ0) is 12.1. The lowest BCUT2D eigenvalue weighted by Gasteiger charge is -2.11. The number of ether oxygens (including phenoxy) is 1. The van der Waals surface area contributed by atoms with Crippen molar-refractivity contribution in [1.82, 2.24) is 0 Å². The van der Waals surface area contributed by atoms with Crippen LogP contribution in [-0.4, -0.2) is 25.7 Å². The van der Waals surface area contributed by atoms with E-state index in [4.69, 9.17) is 22.1 Å². The molecule has 1 atom stereocenters. The average Bonchev–Trinajstić information content (AvgIpc) is 2.24. The second-order valence-electron chi connectivity index (χ2n) is 3.18. The summed E-state index contributed by atoms with van der Waals surface area (Å²) in [6.07, 6.45) is 0. The van der Waals surface area contributed by atoms with Crippen LogP contribution in [0, 0.1) is 5.82 Å². The Morgan fingerprint density at radius 3 is 2.94 bits per heavy atom. The molecule has 0 aliphatic heterocycles. The quantitative estimate of drug-likeness (QED) is 0.844. The predicted octanol–water partition coefficient (Wildman–Crippen LogP) is 1.39. The second kappa shape index (κ2) is 5.79. The van der Waals surface area contributed by atoms with Crippen molar-refractivity contribution in [2.75, 3.05) is 19.0 Å². The fourth-order valence-corrected chi connectivity index (χ4v) is 1.24. The summed E-state index contributed by atoms with van der Waals surface area (Å²) in [5.74, 6) is -0.953. The minimum Gasteiger partial charge on any atom is -0.383 e. The summed E-state index contributed by atoms with van der Waals surface area (Å²) < 4.78 is 17.6. The number of carbonyl (C=O) groups excluding carboxylic acids is 1. The zero-order valence-corrected chi connectivity index (χ0v) is 9.42. The summed E-state index contributed by atoms with van der Waals surface area (Å²) >= 11 is 5.56. The SMILES string of the molecule is COCC(N)C(=O)Nc1ccc(F)c(Cl)c1. The summed E-state index contributed by atoms with van der Waals surface area (Å²) in [5, 5.41) is 2.44. The molecule has 0 aliphatic carbocycles. The molecule has 0 aromatic heterocycles. The fourth-order valence-electron chi connectivity index (χ4n) is 1.06. The first-order chi connectivity index (χ1) is 7.54. The Labute approximate surface area is 97.5 Å². The summed E-state index contributed by atoms with van der Waals surface area (Å²) in [5.41, 5.74) is 5.89. The minimum absolute atomic E-state index is 0.0573. The molecule has 1 unspecified atom stereocenters. The van der Waals surface area contributed by atoms with Crippen LogP contribution in [0.15, 0.2) is 18.2 Å². The molecule has 0 fully saturated rings. The maximum Gasteiger partial charge on any atom is 0.243 e. The zero-order valence-electron chi connectivity index (χ0n) is 8.67. The molecule has 1 aromatic rings. The highest BCUT2D eigenvalue weighted by Gasteiger charge is 2.13. The van der Waals surface area contributed by atoms with Gasteiger partial charge in [-0.05, 0) is 18.2 Å². The minimum atomic E-state index is -0.770. The van der Waals surface area contributed by atoms with Crippen LogP contribution >= 0.6 is 11.6 Å². The number of benzene rings is 1. The van der Waals surface area contributed by atoms with E-state index >= 15 is 0 Å². The maximum atomic E-state index is 12.8. The van der Waals surface area contributed by atoms with E-state index in [1.807, 2.05) is 0 Å². The molecule has 0 heterocycles. The van der Waals surface area contributed by atoms with E-state index in [0.717, 1.165) is 0 Å². The number of rotatable bonds is 4. The van der Waals surface area contributed by atoms with Gasteiger partial charge in [-0.25, -0.2) is 4.39 Å². The number of halogens is 2. The molecular weight excluding hydrogens is 235 g/mol. The van der Waals surface area contributed by atoms with Crippen LogP contribution in [-0.2, 0) is 9.53 Å². The predicted molar refractivity (Wildman–Crippen MR) is 59.9 cm³/mol. The van der Waals surface area contributed by atoms with Crippen molar-refractivity contribution in [3.63, 3.8) is 0 Å². The summed E-state index contributed by atoms with van der Waals surface area (Å²) in [6.45, 7) is 0.112. The molecule has 4 nitrogen and oxygen atoms in total. The van der Waals surface area contributed by atoms with Crippen LogP contribution in [0.3, 0.4) is 0 Å². The van der Waals surface area contributed by atoms with Gasteiger partial charge in [-0.1, -0.05) is 11.6 Å². The molecule has 0 spiro atoms. The van der Waals surface area contributed by atoms with E-state index in [1.54, 1.807) is 0 Å². The van der Waals surface area contributed by atoms with Crippen LogP contribution in [0.1, 0.15) is 0 Å². The number of nitrogens with two attached hydrogens (primary N) is 1. The highest BCUT2D eigenvalue weighted by atomic mass is 35.5. The van der Waals surface area contributed by atoms with E-state index in [-0.39, 0.29) is 11.6 Å². The first kappa shape index (κ1) is 12.9. The highest BCUT2D eigenvalue weighted by Crippen LogP contribution is 2.19. The second-order valence-corrected chi connectivity index (χ2v) is 3.59. The molecule has 0 aliphatic rings. The molecule has 0 saturated carbocycles. The Balaban J connectivity index is 2.66. The first-order valence-corrected chi connectivity index (χ1v) is 4.93. The molecule has 1 amide bonds. The number of anilines is 1. The number of nitrogens with one attached hydrogen (secondary N) is 1. The van der Waals surface area contributed by atoms with Gasteiger partial charge in [-0.15, -0.1) is 0 Å². The third-order valence-electron chi connectivity index (χ3n) is 1.87. The van der Waals surface area contributed by atoms with Crippen LogP contribution in [0.4, 0.5) is 10.1 Å². The van der Waals surface area contributed by atoms with Gasteiger partial charge in [-0.2, -0.15) is 0 Å². The van der Waals surface area contributed by atoms with E-state index < -0.39 is 17.8 Å². The van der Waals surface area contributed by atoms with Crippen molar-refractivity contribution < 1.29 is 13.9 Å². The van der Waals surface area contributed by atoms with Gasteiger partial charge in [0, 0.05) is 12.8 Å². The topological polar surface area (TPSA) is 64.3 Å². The van der Waals surface area contributed by atoms with Crippen LogP contribution in [0.2, 0.25) is 5.02 Å². The van der Waals surface area contributed by atoms with E-state index in [2.05, 4.69) is 5.32 Å². The van der Waals surface area contributed by atoms with Crippen LogP contribution in [0.25, 0.3) is 0 Å². The van der Waals surface area contributed by atoms with Gasteiger partial charge in [0.2, 0.25) is 5.91 Å². The fraction of sp³-hybridized carbons (Fsp3) is 0.300. The number of amides is 1. The van der Waals surface area contributed by atoms with Crippen molar-refractivity contribution in [3.8, 4) is 0 Å². The third-order valence-corrected chi connectivity index (χ3v) is 2.16. The van der Waals surface area contributed by atoms with Crippen LogP contribution < -0.4 is 11.1 Å². The number of carbonyl (C=O) groups is 1. The smallest absolute Gasteiger partial charge is 0.243 e. The van der Waals surface area contributed by atoms with Crippen molar-refractivity contribution in [1.29, 1.82) is 0 Å². The number of hydrogen-bond acceptors (Lipinski definition) is 3. The Hall–Kier alpha value is -1.17. The maximum absolute atomic E-state index is 12.8. The van der Waals surface area contributed by atoms with Crippen LogP contribution in [0.5, 0.6) is 0 Å². The Bertz CT molecular complexity index is 387. The summed E-state index contributed by atoms with van der Waals surface area (Å²) in [7, 11) is 1.45. The molecule has 1 aromatic carbocycles. The first-order valence-electron chi connectivity index (χ1n) is 4.55.